The molecule has 106 valence electrons. The number of carbonyl (C=O) groups excluding carboxylic acids is 1. The van der Waals surface area contributed by atoms with Crippen LogP contribution in [0, 0.1) is 5.82 Å². The Labute approximate surface area is 118 Å². The van der Waals surface area contributed by atoms with Crippen LogP contribution in [0.3, 0.4) is 0 Å². The van der Waals surface area contributed by atoms with E-state index in [1.54, 1.807) is 0 Å². The van der Waals surface area contributed by atoms with Crippen molar-refractivity contribution in [3.63, 3.8) is 0 Å². The number of hydrogen-bond donors (Lipinski definition) is 3. The molecule has 1 aromatic rings. The van der Waals surface area contributed by atoms with Crippen LogP contribution in [0.1, 0.15) is 13.3 Å². The molecule has 0 aliphatic heterocycles. The maximum absolute atomic E-state index is 13.2. The first-order chi connectivity index (χ1) is 8.63. The van der Waals surface area contributed by atoms with Gasteiger partial charge >= 0.3 is 0 Å². The minimum absolute atomic E-state index is 0.0398. The first-order valence-electron chi connectivity index (χ1n) is 5.18. The molecule has 0 saturated carbocycles. The van der Waals surface area contributed by atoms with Crippen molar-refractivity contribution in [2.45, 2.75) is 24.3 Å². The lowest BCUT2D eigenvalue weighted by Gasteiger charge is -2.14. The van der Waals surface area contributed by atoms with E-state index in [4.69, 9.17) is 11.5 Å². The Morgan fingerprint density at radius 2 is 2.11 bits per heavy atom. The van der Waals surface area contributed by atoms with Gasteiger partial charge in [0.2, 0.25) is 15.9 Å². The SMILES string of the molecule is CC(CC(N)=O)NS(=O)(=O)c1cc(N)c(F)cc1Br. The third-order valence-corrected chi connectivity index (χ3v) is 4.75. The van der Waals surface area contributed by atoms with Crippen LogP contribution in [0.25, 0.3) is 0 Å². The van der Waals surface area contributed by atoms with Gasteiger partial charge in [0.15, 0.2) is 0 Å². The van der Waals surface area contributed by atoms with Crippen LogP contribution in [0.4, 0.5) is 10.1 Å². The molecule has 19 heavy (non-hydrogen) atoms. The number of primary amides is 1. The predicted molar refractivity (Wildman–Crippen MR) is 72.1 cm³/mol. The van der Waals surface area contributed by atoms with E-state index in [1.165, 1.54) is 6.92 Å². The third-order valence-electron chi connectivity index (χ3n) is 2.20. The second-order valence-corrected chi connectivity index (χ2v) is 6.53. The van der Waals surface area contributed by atoms with Gasteiger partial charge in [-0.1, -0.05) is 0 Å². The Bertz CT molecular complexity index is 606. The quantitative estimate of drug-likeness (QED) is 0.676. The van der Waals surface area contributed by atoms with Crippen molar-refractivity contribution in [2.75, 3.05) is 5.73 Å². The molecule has 9 heteroatoms. The fourth-order valence-corrected chi connectivity index (χ4v) is 3.72. The van der Waals surface area contributed by atoms with Crippen molar-refractivity contribution >= 4 is 37.5 Å². The lowest BCUT2D eigenvalue weighted by atomic mass is 10.2. The Morgan fingerprint density at radius 1 is 1.53 bits per heavy atom. The smallest absolute Gasteiger partial charge is 0.242 e. The lowest BCUT2D eigenvalue weighted by molar-refractivity contribution is -0.118. The number of carbonyl (C=O) groups is 1. The average Bonchev–Trinajstić information content (AvgIpc) is 2.20. The highest BCUT2D eigenvalue weighted by Crippen LogP contribution is 2.26. The number of benzene rings is 1. The fourth-order valence-electron chi connectivity index (χ4n) is 1.42. The van der Waals surface area contributed by atoms with E-state index in [0.717, 1.165) is 12.1 Å². The van der Waals surface area contributed by atoms with Crippen LogP contribution >= 0.6 is 15.9 Å². The van der Waals surface area contributed by atoms with Gasteiger partial charge in [-0.25, -0.2) is 17.5 Å². The summed E-state index contributed by atoms with van der Waals surface area (Å²) in [7, 11) is -3.93. The van der Waals surface area contributed by atoms with Gasteiger partial charge in [-0.2, -0.15) is 0 Å². The largest absolute Gasteiger partial charge is 0.396 e. The van der Waals surface area contributed by atoms with E-state index in [1.807, 2.05) is 0 Å². The van der Waals surface area contributed by atoms with Gasteiger partial charge < -0.3 is 11.5 Å². The van der Waals surface area contributed by atoms with Crippen LogP contribution in [-0.4, -0.2) is 20.4 Å². The van der Waals surface area contributed by atoms with Crippen LogP contribution < -0.4 is 16.2 Å². The number of nitrogens with two attached hydrogens (primary N) is 2. The summed E-state index contributed by atoms with van der Waals surface area (Å²) in [6.45, 7) is 1.49. The number of sulfonamides is 1. The van der Waals surface area contributed by atoms with Crippen molar-refractivity contribution in [2.24, 2.45) is 5.73 Å². The maximum Gasteiger partial charge on any atom is 0.242 e. The molecule has 5 N–H and O–H groups in total. The van der Waals surface area contributed by atoms with Crippen LogP contribution in [0.2, 0.25) is 0 Å². The molecule has 0 aliphatic rings. The van der Waals surface area contributed by atoms with E-state index < -0.39 is 27.8 Å². The van der Waals surface area contributed by atoms with Gasteiger partial charge in [-0.05, 0) is 35.0 Å². The topological polar surface area (TPSA) is 115 Å². The molecule has 0 spiro atoms. The number of halogens is 2. The van der Waals surface area contributed by atoms with Gasteiger partial charge in [0.25, 0.3) is 0 Å². The molecule has 0 aliphatic carbocycles. The minimum atomic E-state index is -3.93. The molecule has 0 fully saturated rings. The second-order valence-electron chi connectivity index (χ2n) is 4.00. The average molecular weight is 354 g/mol. The van der Waals surface area contributed by atoms with Crippen molar-refractivity contribution in [3.8, 4) is 0 Å². The predicted octanol–water partition coefficient (Wildman–Crippen LogP) is 0.713. The lowest BCUT2D eigenvalue weighted by Crippen LogP contribution is -2.35. The van der Waals surface area contributed by atoms with Crippen molar-refractivity contribution in [1.29, 1.82) is 0 Å². The Morgan fingerprint density at radius 3 is 2.63 bits per heavy atom. The highest BCUT2D eigenvalue weighted by Gasteiger charge is 2.22. The number of nitrogen functional groups attached to an aromatic ring is 1. The summed E-state index contributed by atoms with van der Waals surface area (Å²) in [6.07, 6.45) is -0.145. The van der Waals surface area contributed by atoms with E-state index in [0.29, 0.717) is 0 Å². The maximum atomic E-state index is 13.2. The van der Waals surface area contributed by atoms with Crippen LogP contribution in [-0.2, 0) is 14.8 Å². The zero-order valence-electron chi connectivity index (χ0n) is 9.98. The summed E-state index contributed by atoms with van der Waals surface area (Å²) in [5.74, 6) is -1.36. The first-order valence-corrected chi connectivity index (χ1v) is 7.46. The summed E-state index contributed by atoms with van der Waals surface area (Å²) < 4.78 is 39.5. The van der Waals surface area contributed by atoms with Crippen molar-refractivity contribution in [1.82, 2.24) is 4.72 Å². The molecule has 0 saturated heterocycles. The van der Waals surface area contributed by atoms with Gasteiger partial charge in [0, 0.05) is 16.9 Å². The van der Waals surface area contributed by atoms with E-state index in [-0.39, 0.29) is 21.5 Å². The number of anilines is 1. The molecule has 0 radical (unpaired) electrons. The normalized spacial score (nSPS) is 13.2. The zero-order valence-corrected chi connectivity index (χ0v) is 12.4. The molecule has 1 aromatic carbocycles. The number of hydrogen-bond acceptors (Lipinski definition) is 4. The first kappa shape index (κ1) is 15.9. The highest BCUT2D eigenvalue weighted by molar-refractivity contribution is 9.10. The standard InChI is InChI=1S/C10H13BrFN3O3S/c1-5(2-10(14)16)15-19(17,18)9-4-8(13)7(12)3-6(9)11/h3-5,15H,2,13H2,1H3,(H2,14,16). The van der Waals surface area contributed by atoms with Gasteiger partial charge in [0.05, 0.1) is 10.6 Å². The summed E-state index contributed by atoms with van der Waals surface area (Å²) in [5, 5.41) is 0. The molecule has 1 unspecified atom stereocenters. The molecule has 6 nitrogen and oxygen atoms in total. The van der Waals surface area contributed by atoms with Crippen LogP contribution in [0.5, 0.6) is 0 Å². The highest BCUT2D eigenvalue weighted by atomic mass is 79.9. The van der Waals surface area contributed by atoms with Gasteiger partial charge in [-0.15, -0.1) is 0 Å². The molecule has 1 rings (SSSR count). The summed E-state index contributed by atoms with van der Waals surface area (Å²) in [6, 6.07) is 1.28. The monoisotopic (exact) mass is 353 g/mol. The summed E-state index contributed by atoms with van der Waals surface area (Å²) >= 11 is 2.95. The zero-order chi connectivity index (χ0) is 14.8. The molecule has 0 heterocycles. The van der Waals surface area contributed by atoms with Gasteiger partial charge in [0.1, 0.15) is 5.82 Å². The number of rotatable bonds is 5. The van der Waals surface area contributed by atoms with Gasteiger partial charge in [-0.3, -0.25) is 4.79 Å². The molecule has 0 aromatic heterocycles. The molecule has 1 atom stereocenters. The Balaban J connectivity index is 3.07. The van der Waals surface area contributed by atoms with Crippen molar-refractivity contribution in [3.05, 3.63) is 22.4 Å². The molecular formula is C10H13BrFN3O3S. The van der Waals surface area contributed by atoms with Crippen LogP contribution in [0.15, 0.2) is 21.5 Å². The van der Waals surface area contributed by atoms with E-state index >= 15 is 0 Å². The summed E-state index contributed by atoms with van der Waals surface area (Å²) in [4.78, 5) is 10.5. The minimum Gasteiger partial charge on any atom is -0.396 e. The Hall–Kier alpha value is -1.19. The van der Waals surface area contributed by atoms with E-state index in [9.17, 15) is 17.6 Å². The number of nitrogens with one attached hydrogen (secondary N) is 1. The van der Waals surface area contributed by atoms with Crippen molar-refractivity contribution < 1.29 is 17.6 Å². The number of amides is 1. The Kier molecular flexibility index (Phi) is 4.88. The summed E-state index contributed by atoms with van der Waals surface area (Å²) in [5.41, 5.74) is 10.0. The molecule has 0 bridgehead atoms. The second kappa shape index (κ2) is 5.85. The third kappa shape index (κ3) is 4.15. The molecular weight excluding hydrogens is 341 g/mol. The van der Waals surface area contributed by atoms with E-state index in [2.05, 4.69) is 20.7 Å². The molecule has 1 amide bonds. The fraction of sp³-hybridized carbons (Fsp3) is 0.300.